The van der Waals surface area contributed by atoms with Crippen molar-refractivity contribution >= 4 is 21.7 Å². The second-order valence-electron chi connectivity index (χ2n) is 3.49. The van der Waals surface area contributed by atoms with Crippen molar-refractivity contribution in [2.24, 2.45) is 0 Å². The summed E-state index contributed by atoms with van der Waals surface area (Å²) in [6.45, 7) is 5.94. The van der Waals surface area contributed by atoms with E-state index in [-0.39, 0.29) is 10.6 Å². The highest BCUT2D eigenvalue weighted by Gasteiger charge is 2.14. The second-order valence-corrected chi connectivity index (χ2v) is 4.87. The number of hydrogen-bond acceptors (Lipinski definition) is 1. The molecule has 1 aromatic carbocycles. The molecule has 76 valence electrons. The lowest BCUT2D eigenvalue weighted by Gasteiger charge is -2.09. The van der Waals surface area contributed by atoms with Gasteiger partial charge in [0, 0.05) is 5.56 Å². The van der Waals surface area contributed by atoms with E-state index in [0.29, 0.717) is 0 Å². The Morgan fingerprint density at radius 3 is 2.64 bits per heavy atom. The van der Waals surface area contributed by atoms with Crippen LogP contribution in [0.1, 0.15) is 35.3 Å². The Morgan fingerprint density at radius 2 is 2.14 bits per heavy atom. The number of rotatable bonds is 3. The number of alkyl halides is 1. The number of Topliss-reactive ketones (excluding diaryl/α,β-unsaturated/α-hetero) is 1. The third-order valence-corrected chi connectivity index (χ3v) is 2.69. The van der Waals surface area contributed by atoms with E-state index in [1.165, 1.54) is 0 Å². The van der Waals surface area contributed by atoms with Gasteiger partial charge in [-0.2, -0.15) is 0 Å². The molecule has 2 heteroatoms. The van der Waals surface area contributed by atoms with Gasteiger partial charge in [0.25, 0.3) is 0 Å². The SMILES string of the molecule is CCc1ccc(C)cc1C(=O)C(C)Br. The molecular formula is C12H15BrO. The van der Waals surface area contributed by atoms with E-state index in [1.807, 2.05) is 26.0 Å². The van der Waals surface area contributed by atoms with Crippen molar-refractivity contribution in [2.75, 3.05) is 0 Å². The van der Waals surface area contributed by atoms with Crippen LogP contribution in [0, 0.1) is 6.92 Å². The summed E-state index contributed by atoms with van der Waals surface area (Å²) in [5.41, 5.74) is 3.13. The molecule has 1 atom stereocenters. The molecule has 0 aliphatic rings. The van der Waals surface area contributed by atoms with E-state index in [4.69, 9.17) is 0 Å². The van der Waals surface area contributed by atoms with Crippen molar-refractivity contribution in [3.63, 3.8) is 0 Å². The molecule has 0 aliphatic heterocycles. The minimum absolute atomic E-state index is 0.102. The summed E-state index contributed by atoms with van der Waals surface area (Å²) in [5, 5.41) is 0. The molecular weight excluding hydrogens is 240 g/mol. The number of hydrogen-bond donors (Lipinski definition) is 0. The lowest BCUT2D eigenvalue weighted by Crippen LogP contribution is -2.12. The summed E-state index contributed by atoms with van der Waals surface area (Å²) in [6.07, 6.45) is 0.904. The van der Waals surface area contributed by atoms with Crippen LogP contribution in [0.5, 0.6) is 0 Å². The van der Waals surface area contributed by atoms with Gasteiger partial charge in [-0.15, -0.1) is 0 Å². The van der Waals surface area contributed by atoms with Crippen molar-refractivity contribution in [3.8, 4) is 0 Å². The summed E-state index contributed by atoms with van der Waals surface area (Å²) in [4.78, 5) is 11.7. The quantitative estimate of drug-likeness (QED) is 0.596. The van der Waals surface area contributed by atoms with Gasteiger partial charge < -0.3 is 0 Å². The Morgan fingerprint density at radius 1 is 1.50 bits per heavy atom. The molecule has 1 unspecified atom stereocenters. The minimum atomic E-state index is -0.102. The van der Waals surface area contributed by atoms with Crippen molar-refractivity contribution in [3.05, 3.63) is 34.9 Å². The smallest absolute Gasteiger partial charge is 0.176 e. The van der Waals surface area contributed by atoms with Crippen LogP contribution in [-0.4, -0.2) is 10.6 Å². The number of aryl methyl sites for hydroxylation is 2. The lowest BCUT2D eigenvalue weighted by atomic mass is 9.98. The number of ketones is 1. The van der Waals surface area contributed by atoms with Gasteiger partial charge in [0.2, 0.25) is 0 Å². The molecule has 1 rings (SSSR count). The van der Waals surface area contributed by atoms with Crippen LogP contribution in [0.4, 0.5) is 0 Å². The van der Waals surface area contributed by atoms with Crippen molar-refractivity contribution in [1.82, 2.24) is 0 Å². The lowest BCUT2D eigenvalue weighted by molar-refractivity contribution is 0.0995. The highest BCUT2D eigenvalue weighted by molar-refractivity contribution is 9.10. The molecule has 0 heterocycles. The Labute approximate surface area is 93.7 Å². The molecule has 0 N–H and O–H groups in total. The minimum Gasteiger partial charge on any atom is -0.293 e. The molecule has 0 spiro atoms. The Hall–Kier alpha value is -0.630. The van der Waals surface area contributed by atoms with E-state index < -0.39 is 0 Å². The number of halogens is 1. The molecule has 0 amide bonds. The van der Waals surface area contributed by atoms with E-state index in [2.05, 4.69) is 28.9 Å². The van der Waals surface area contributed by atoms with Crippen LogP contribution in [0.25, 0.3) is 0 Å². The first kappa shape index (κ1) is 11.4. The first-order valence-corrected chi connectivity index (χ1v) is 5.75. The predicted molar refractivity (Wildman–Crippen MR) is 63.3 cm³/mol. The summed E-state index contributed by atoms with van der Waals surface area (Å²) in [6, 6.07) is 6.06. The first-order valence-electron chi connectivity index (χ1n) is 4.84. The first-order chi connectivity index (χ1) is 6.56. The number of carbonyl (C=O) groups excluding carboxylic acids is 1. The highest BCUT2D eigenvalue weighted by atomic mass is 79.9. The highest BCUT2D eigenvalue weighted by Crippen LogP contribution is 2.17. The van der Waals surface area contributed by atoms with Crippen LogP contribution in [0.2, 0.25) is 0 Å². The molecule has 0 radical (unpaired) electrons. The van der Waals surface area contributed by atoms with E-state index in [9.17, 15) is 4.79 Å². The molecule has 1 aromatic rings. The van der Waals surface area contributed by atoms with Gasteiger partial charge in [-0.25, -0.2) is 0 Å². The average Bonchev–Trinajstić information content (AvgIpc) is 2.16. The maximum absolute atomic E-state index is 11.8. The molecule has 0 saturated carbocycles. The van der Waals surface area contributed by atoms with Gasteiger partial charge in [-0.3, -0.25) is 4.79 Å². The van der Waals surface area contributed by atoms with Crippen LogP contribution >= 0.6 is 15.9 Å². The third kappa shape index (κ3) is 2.44. The normalized spacial score (nSPS) is 12.6. The maximum atomic E-state index is 11.8. The fourth-order valence-electron chi connectivity index (χ4n) is 1.44. The summed E-state index contributed by atoms with van der Waals surface area (Å²) < 4.78 is 0. The Balaban J connectivity index is 3.17. The van der Waals surface area contributed by atoms with Gasteiger partial charge in [0.05, 0.1) is 4.83 Å². The molecule has 0 aliphatic carbocycles. The molecule has 0 bridgehead atoms. The Kier molecular flexibility index (Phi) is 3.87. The molecule has 0 saturated heterocycles. The second kappa shape index (κ2) is 4.74. The number of benzene rings is 1. The van der Waals surface area contributed by atoms with Crippen LogP contribution in [0.3, 0.4) is 0 Å². The monoisotopic (exact) mass is 254 g/mol. The van der Waals surface area contributed by atoms with Crippen LogP contribution < -0.4 is 0 Å². The van der Waals surface area contributed by atoms with E-state index >= 15 is 0 Å². The topological polar surface area (TPSA) is 17.1 Å². The average molecular weight is 255 g/mol. The van der Waals surface area contributed by atoms with Crippen molar-refractivity contribution in [2.45, 2.75) is 32.0 Å². The molecule has 0 fully saturated rings. The van der Waals surface area contributed by atoms with E-state index in [0.717, 1.165) is 23.1 Å². The van der Waals surface area contributed by atoms with Gasteiger partial charge in [-0.1, -0.05) is 40.5 Å². The zero-order chi connectivity index (χ0) is 10.7. The van der Waals surface area contributed by atoms with Gasteiger partial charge in [-0.05, 0) is 31.9 Å². The molecule has 1 nitrogen and oxygen atoms in total. The van der Waals surface area contributed by atoms with Crippen LogP contribution in [0.15, 0.2) is 18.2 Å². The van der Waals surface area contributed by atoms with Crippen molar-refractivity contribution in [1.29, 1.82) is 0 Å². The largest absolute Gasteiger partial charge is 0.293 e. The Bertz CT molecular complexity index is 342. The van der Waals surface area contributed by atoms with Gasteiger partial charge in [0.15, 0.2) is 5.78 Å². The standard InChI is InChI=1S/C12H15BrO/c1-4-10-6-5-8(2)7-11(10)12(14)9(3)13/h5-7,9H,4H2,1-3H3. The van der Waals surface area contributed by atoms with Gasteiger partial charge in [0.1, 0.15) is 0 Å². The molecule has 14 heavy (non-hydrogen) atoms. The maximum Gasteiger partial charge on any atom is 0.176 e. The van der Waals surface area contributed by atoms with Crippen molar-refractivity contribution < 1.29 is 4.79 Å². The van der Waals surface area contributed by atoms with Gasteiger partial charge >= 0.3 is 0 Å². The summed E-state index contributed by atoms with van der Waals surface area (Å²) >= 11 is 3.31. The third-order valence-electron chi connectivity index (χ3n) is 2.27. The summed E-state index contributed by atoms with van der Waals surface area (Å²) in [7, 11) is 0. The zero-order valence-electron chi connectivity index (χ0n) is 8.80. The fourth-order valence-corrected chi connectivity index (χ4v) is 1.69. The summed E-state index contributed by atoms with van der Waals surface area (Å²) in [5.74, 6) is 0.172. The predicted octanol–water partition coefficient (Wildman–Crippen LogP) is 3.52. The zero-order valence-corrected chi connectivity index (χ0v) is 10.4. The van der Waals surface area contributed by atoms with Crippen LogP contribution in [-0.2, 0) is 6.42 Å². The number of carbonyl (C=O) groups is 1. The fraction of sp³-hybridized carbons (Fsp3) is 0.417. The molecule has 0 aromatic heterocycles. The van der Waals surface area contributed by atoms with E-state index in [1.54, 1.807) is 0 Å².